The van der Waals surface area contributed by atoms with E-state index in [0.29, 0.717) is 5.75 Å². The van der Waals surface area contributed by atoms with Crippen LogP contribution in [0.2, 0.25) is 0 Å². The van der Waals surface area contributed by atoms with Crippen LogP contribution in [0.15, 0.2) is 24.3 Å². The van der Waals surface area contributed by atoms with Crippen LogP contribution in [0.5, 0.6) is 5.75 Å². The number of aliphatic carboxylic acids is 1. The monoisotopic (exact) mass is 255 g/mol. The first kappa shape index (κ1) is 14.0. The van der Waals surface area contributed by atoms with Gasteiger partial charge in [0.15, 0.2) is 0 Å². The highest BCUT2D eigenvalue weighted by atomic mass is 19.1. The maximum atomic E-state index is 12.6. The van der Waals surface area contributed by atoms with E-state index in [1.165, 1.54) is 24.3 Å². The van der Waals surface area contributed by atoms with Gasteiger partial charge in [0.1, 0.15) is 24.2 Å². The highest BCUT2D eigenvalue weighted by Gasteiger charge is 2.11. The second kappa shape index (κ2) is 6.58. The van der Waals surface area contributed by atoms with Gasteiger partial charge in [0.05, 0.1) is 6.42 Å². The molecule has 0 radical (unpaired) electrons. The lowest BCUT2D eigenvalue weighted by molar-refractivity contribution is -0.138. The largest absolute Gasteiger partial charge is 0.490 e. The average molecular weight is 255 g/mol. The van der Waals surface area contributed by atoms with Gasteiger partial charge in [-0.15, -0.1) is 0 Å². The molecule has 18 heavy (non-hydrogen) atoms. The molecule has 1 amide bonds. The molecule has 0 aliphatic carbocycles. The van der Waals surface area contributed by atoms with Crippen LogP contribution in [0.4, 0.5) is 4.39 Å². The molecule has 0 fully saturated rings. The van der Waals surface area contributed by atoms with Gasteiger partial charge in [0.2, 0.25) is 5.91 Å². The Balaban J connectivity index is 2.36. The first-order chi connectivity index (χ1) is 8.47. The topological polar surface area (TPSA) is 75.6 Å². The summed E-state index contributed by atoms with van der Waals surface area (Å²) in [6.07, 6.45) is -0.394. The molecule has 0 saturated carbocycles. The Labute approximate surface area is 104 Å². The van der Waals surface area contributed by atoms with Crippen LogP contribution in [0.25, 0.3) is 0 Å². The fraction of sp³-hybridized carbons (Fsp3) is 0.333. The number of carboxylic acids is 1. The molecule has 0 spiro atoms. The molecule has 1 aromatic rings. The molecule has 6 heteroatoms. The first-order valence-corrected chi connectivity index (χ1v) is 5.38. The third-order valence-electron chi connectivity index (χ3n) is 2.06. The minimum atomic E-state index is -1.10. The second-order valence-electron chi connectivity index (χ2n) is 3.76. The van der Waals surface area contributed by atoms with Crippen molar-refractivity contribution in [2.45, 2.75) is 19.4 Å². The summed E-state index contributed by atoms with van der Waals surface area (Å²) >= 11 is 0. The SMILES string of the molecule is CC(CC(=O)NCC(=O)O)Oc1ccc(F)cc1. The van der Waals surface area contributed by atoms with E-state index in [2.05, 4.69) is 5.32 Å². The molecule has 1 unspecified atom stereocenters. The second-order valence-corrected chi connectivity index (χ2v) is 3.76. The molecule has 1 aromatic carbocycles. The quantitative estimate of drug-likeness (QED) is 0.800. The normalized spacial score (nSPS) is 11.7. The van der Waals surface area contributed by atoms with Crippen molar-refractivity contribution in [2.24, 2.45) is 0 Å². The zero-order valence-electron chi connectivity index (χ0n) is 9.85. The number of ether oxygens (including phenoxy) is 1. The van der Waals surface area contributed by atoms with Crippen LogP contribution in [-0.2, 0) is 9.59 Å². The van der Waals surface area contributed by atoms with Crippen molar-refractivity contribution in [2.75, 3.05) is 6.54 Å². The molecular formula is C12H14FNO4. The van der Waals surface area contributed by atoms with E-state index in [0.717, 1.165) is 0 Å². The van der Waals surface area contributed by atoms with Gasteiger partial charge in [-0.2, -0.15) is 0 Å². The number of benzene rings is 1. The summed E-state index contributed by atoms with van der Waals surface area (Å²) in [5.41, 5.74) is 0. The van der Waals surface area contributed by atoms with Gasteiger partial charge < -0.3 is 15.2 Å². The van der Waals surface area contributed by atoms with Crippen LogP contribution in [0, 0.1) is 5.82 Å². The van der Waals surface area contributed by atoms with E-state index in [-0.39, 0.29) is 12.2 Å². The molecule has 1 rings (SSSR count). The van der Waals surface area contributed by atoms with Crippen LogP contribution >= 0.6 is 0 Å². The Morgan fingerprint density at radius 1 is 1.39 bits per heavy atom. The van der Waals surface area contributed by atoms with Crippen molar-refractivity contribution in [3.05, 3.63) is 30.1 Å². The Morgan fingerprint density at radius 2 is 2.00 bits per heavy atom. The summed E-state index contributed by atoms with van der Waals surface area (Å²) in [5, 5.41) is 10.6. The zero-order chi connectivity index (χ0) is 13.5. The lowest BCUT2D eigenvalue weighted by atomic mass is 10.2. The van der Waals surface area contributed by atoms with Crippen molar-refractivity contribution < 1.29 is 23.8 Å². The fourth-order valence-electron chi connectivity index (χ4n) is 1.29. The van der Waals surface area contributed by atoms with Crippen LogP contribution in [0.1, 0.15) is 13.3 Å². The lowest BCUT2D eigenvalue weighted by Gasteiger charge is -2.14. The summed E-state index contributed by atoms with van der Waals surface area (Å²) < 4.78 is 18.0. The Bertz CT molecular complexity index is 419. The van der Waals surface area contributed by atoms with Gasteiger partial charge in [-0.05, 0) is 31.2 Å². The minimum absolute atomic E-state index is 0.0324. The number of nitrogens with one attached hydrogen (secondary N) is 1. The Kier molecular flexibility index (Phi) is 5.10. The number of carbonyl (C=O) groups is 2. The molecule has 2 N–H and O–H groups in total. The van der Waals surface area contributed by atoms with E-state index in [4.69, 9.17) is 9.84 Å². The summed E-state index contributed by atoms with van der Waals surface area (Å²) in [6.45, 7) is 1.26. The van der Waals surface area contributed by atoms with E-state index in [9.17, 15) is 14.0 Å². The van der Waals surface area contributed by atoms with Crippen molar-refractivity contribution in [1.29, 1.82) is 0 Å². The van der Waals surface area contributed by atoms with Crippen LogP contribution < -0.4 is 10.1 Å². The molecule has 0 aliphatic heterocycles. The summed E-state index contributed by atoms with van der Waals surface area (Å²) in [7, 11) is 0. The molecular weight excluding hydrogens is 241 g/mol. The van der Waals surface area contributed by atoms with Gasteiger partial charge in [-0.3, -0.25) is 9.59 Å². The van der Waals surface area contributed by atoms with Gasteiger partial charge in [-0.1, -0.05) is 0 Å². The summed E-state index contributed by atoms with van der Waals surface area (Å²) in [6, 6.07) is 5.43. The molecule has 0 heterocycles. The number of amides is 1. The van der Waals surface area contributed by atoms with Gasteiger partial charge in [0, 0.05) is 0 Å². The number of halogens is 1. The van der Waals surface area contributed by atoms with Crippen molar-refractivity contribution in [3.8, 4) is 5.75 Å². The van der Waals surface area contributed by atoms with E-state index < -0.39 is 24.5 Å². The maximum absolute atomic E-state index is 12.6. The number of carbonyl (C=O) groups excluding carboxylic acids is 1. The van der Waals surface area contributed by atoms with E-state index >= 15 is 0 Å². The number of hydrogen-bond donors (Lipinski definition) is 2. The third kappa shape index (κ3) is 5.29. The fourth-order valence-corrected chi connectivity index (χ4v) is 1.29. The lowest BCUT2D eigenvalue weighted by Crippen LogP contribution is -2.32. The predicted octanol–water partition coefficient (Wildman–Crippen LogP) is 1.18. The molecule has 0 bridgehead atoms. The van der Waals surface area contributed by atoms with E-state index in [1.807, 2.05) is 0 Å². The summed E-state index contributed by atoms with van der Waals surface area (Å²) in [5.74, 6) is -1.42. The van der Waals surface area contributed by atoms with Gasteiger partial charge >= 0.3 is 5.97 Å². The highest BCUT2D eigenvalue weighted by molar-refractivity contribution is 5.81. The summed E-state index contributed by atoms with van der Waals surface area (Å²) in [4.78, 5) is 21.5. The van der Waals surface area contributed by atoms with E-state index in [1.54, 1.807) is 6.92 Å². The number of carboxylic acid groups (broad SMARTS) is 1. The van der Waals surface area contributed by atoms with Crippen molar-refractivity contribution in [1.82, 2.24) is 5.32 Å². The number of rotatable bonds is 6. The number of hydrogen-bond acceptors (Lipinski definition) is 3. The van der Waals surface area contributed by atoms with Crippen LogP contribution in [-0.4, -0.2) is 29.6 Å². The maximum Gasteiger partial charge on any atom is 0.322 e. The molecule has 0 aromatic heterocycles. The van der Waals surface area contributed by atoms with Gasteiger partial charge in [0.25, 0.3) is 0 Å². The first-order valence-electron chi connectivity index (χ1n) is 5.38. The average Bonchev–Trinajstić information content (AvgIpc) is 2.29. The standard InChI is InChI=1S/C12H14FNO4/c1-8(6-11(15)14-7-12(16)17)18-10-4-2-9(13)3-5-10/h2-5,8H,6-7H2,1H3,(H,14,15)(H,16,17). The molecule has 5 nitrogen and oxygen atoms in total. The molecule has 0 aliphatic rings. The Hall–Kier alpha value is -2.11. The predicted molar refractivity (Wildman–Crippen MR) is 61.8 cm³/mol. The highest BCUT2D eigenvalue weighted by Crippen LogP contribution is 2.13. The zero-order valence-corrected chi connectivity index (χ0v) is 9.85. The molecule has 1 atom stereocenters. The smallest absolute Gasteiger partial charge is 0.322 e. The third-order valence-corrected chi connectivity index (χ3v) is 2.06. The molecule has 0 saturated heterocycles. The minimum Gasteiger partial charge on any atom is -0.490 e. The van der Waals surface area contributed by atoms with Gasteiger partial charge in [-0.25, -0.2) is 4.39 Å². The molecule has 98 valence electrons. The van der Waals surface area contributed by atoms with Crippen molar-refractivity contribution in [3.63, 3.8) is 0 Å². The van der Waals surface area contributed by atoms with Crippen LogP contribution in [0.3, 0.4) is 0 Å². The van der Waals surface area contributed by atoms with Crippen molar-refractivity contribution >= 4 is 11.9 Å². The Morgan fingerprint density at radius 3 is 2.56 bits per heavy atom.